The van der Waals surface area contributed by atoms with Crippen LogP contribution in [0.4, 0.5) is 5.69 Å². The van der Waals surface area contributed by atoms with Crippen LogP contribution in [-0.2, 0) is 0 Å². The van der Waals surface area contributed by atoms with Gasteiger partial charge in [-0.2, -0.15) is 5.26 Å². The molecule has 0 unspecified atom stereocenters. The second-order valence-electron chi connectivity index (χ2n) is 5.57. The van der Waals surface area contributed by atoms with Gasteiger partial charge in [0.2, 0.25) is 0 Å². The van der Waals surface area contributed by atoms with E-state index < -0.39 is 0 Å². The van der Waals surface area contributed by atoms with Gasteiger partial charge in [0.15, 0.2) is 0 Å². The van der Waals surface area contributed by atoms with Crippen LogP contribution in [0.5, 0.6) is 0 Å². The molecule has 0 heterocycles. The normalized spacial score (nSPS) is 11.2. The Hall–Kier alpha value is -1.24. The number of halogens is 1. The lowest BCUT2D eigenvalue weighted by Gasteiger charge is -2.33. The average molecular weight is 280 g/mol. The summed E-state index contributed by atoms with van der Waals surface area (Å²) in [7, 11) is 0. The van der Waals surface area contributed by atoms with E-state index in [0.29, 0.717) is 17.1 Å². The molecule has 104 valence electrons. The Morgan fingerprint density at radius 1 is 1.42 bits per heavy atom. The summed E-state index contributed by atoms with van der Waals surface area (Å²) in [6.45, 7) is 8.83. The minimum Gasteiger partial charge on any atom is -0.370 e. The van der Waals surface area contributed by atoms with Crippen molar-refractivity contribution in [3.8, 4) is 6.07 Å². The molecule has 0 radical (unpaired) electrons. The van der Waals surface area contributed by atoms with E-state index in [1.807, 2.05) is 6.07 Å². The Balaban J connectivity index is 3.03. The number of benzene rings is 1. The molecule has 0 saturated heterocycles. The summed E-state index contributed by atoms with van der Waals surface area (Å²) in [5, 5.41) is 9.51. The van der Waals surface area contributed by atoms with Crippen molar-refractivity contribution in [2.45, 2.75) is 27.2 Å². The maximum absolute atomic E-state index is 8.88. The van der Waals surface area contributed by atoms with Crippen LogP contribution < -0.4 is 10.6 Å². The molecule has 3 nitrogen and oxygen atoms in total. The zero-order valence-electron chi connectivity index (χ0n) is 11.9. The van der Waals surface area contributed by atoms with Gasteiger partial charge in [-0.15, -0.1) is 0 Å². The highest BCUT2D eigenvalue weighted by molar-refractivity contribution is 6.33. The Labute approximate surface area is 121 Å². The number of hydrogen-bond acceptors (Lipinski definition) is 3. The van der Waals surface area contributed by atoms with Crippen molar-refractivity contribution in [3.05, 3.63) is 28.8 Å². The summed E-state index contributed by atoms with van der Waals surface area (Å²) in [6.07, 6.45) is 1.04. The van der Waals surface area contributed by atoms with Crippen LogP contribution in [0.15, 0.2) is 18.2 Å². The molecule has 0 fully saturated rings. The fourth-order valence-corrected chi connectivity index (χ4v) is 2.27. The number of hydrogen-bond donors (Lipinski definition) is 1. The SMILES string of the molecule is CCCN(CC(C)(C)CN)c1ccc(C#N)cc1Cl. The van der Waals surface area contributed by atoms with E-state index in [0.717, 1.165) is 25.2 Å². The smallest absolute Gasteiger partial charge is 0.0992 e. The van der Waals surface area contributed by atoms with Crippen molar-refractivity contribution < 1.29 is 0 Å². The standard InChI is InChI=1S/C15H22ClN3/c1-4-7-19(11-15(2,3)10-18)14-6-5-12(9-17)8-13(14)16/h5-6,8H,4,7,10-11,18H2,1-3H3. The van der Waals surface area contributed by atoms with Gasteiger partial charge in [-0.3, -0.25) is 0 Å². The first kappa shape index (κ1) is 15.8. The summed E-state index contributed by atoms with van der Waals surface area (Å²) >= 11 is 6.29. The second-order valence-corrected chi connectivity index (χ2v) is 5.98. The molecule has 1 aromatic rings. The van der Waals surface area contributed by atoms with E-state index in [9.17, 15) is 0 Å². The zero-order chi connectivity index (χ0) is 14.5. The van der Waals surface area contributed by atoms with Crippen LogP contribution in [0, 0.1) is 16.7 Å². The number of nitriles is 1. The monoisotopic (exact) mass is 279 g/mol. The molecule has 4 heteroatoms. The van der Waals surface area contributed by atoms with Crippen molar-refractivity contribution in [3.63, 3.8) is 0 Å². The maximum atomic E-state index is 8.88. The van der Waals surface area contributed by atoms with Gasteiger partial charge < -0.3 is 10.6 Å². The Morgan fingerprint density at radius 2 is 2.11 bits per heavy atom. The van der Waals surface area contributed by atoms with Gasteiger partial charge in [0.1, 0.15) is 0 Å². The lowest BCUT2D eigenvalue weighted by molar-refractivity contribution is 0.377. The van der Waals surface area contributed by atoms with Crippen molar-refractivity contribution in [2.75, 3.05) is 24.5 Å². The van der Waals surface area contributed by atoms with Crippen molar-refractivity contribution >= 4 is 17.3 Å². The highest BCUT2D eigenvalue weighted by atomic mass is 35.5. The van der Waals surface area contributed by atoms with Crippen molar-refractivity contribution in [1.29, 1.82) is 5.26 Å². The van der Waals surface area contributed by atoms with Crippen molar-refractivity contribution in [2.24, 2.45) is 11.1 Å². The number of anilines is 1. The fraction of sp³-hybridized carbons (Fsp3) is 0.533. The highest BCUT2D eigenvalue weighted by Gasteiger charge is 2.21. The molecule has 0 aliphatic heterocycles. The molecular formula is C15H22ClN3. The van der Waals surface area contributed by atoms with Crippen LogP contribution >= 0.6 is 11.6 Å². The summed E-state index contributed by atoms with van der Waals surface area (Å²) in [6, 6.07) is 7.54. The van der Waals surface area contributed by atoms with E-state index in [1.165, 1.54) is 0 Å². The van der Waals surface area contributed by atoms with Gasteiger partial charge in [0, 0.05) is 13.1 Å². The number of nitrogens with two attached hydrogens (primary N) is 1. The quantitative estimate of drug-likeness (QED) is 0.868. The van der Waals surface area contributed by atoms with Crippen LogP contribution in [-0.4, -0.2) is 19.6 Å². The zero-order valence-corrected chi connectivity index (χ0v) is 12.7. The summed E-state index contributed by atoms with van der Waals surface area (Å²) in [5.74, 6) is 0. The van der Waals surface area contributed by atoms with E-state index in [4.69, 9.17) is 22.6 Å². The molecule has 2 N–H and O–H groups in total. The lowest BCUT2D eigenvalue weighted by atomic mass is 9.92. The molecule has 1 aromatic carbocycles. The first-order valence-corrected chi connectivity index (χ1v) is 6.96. The first-order chi connectivity index (χ1) is 8.93. The molecule has 0 saturated carbocycles. The lowest BCUT2D eigenvalue weighted by Crippen LogP contribution is -2.39. The average Bonchev–Trinajstić information content (AvgIpc) is 2.38. The minimum atomic E-state index is 0.0341. The first-order valence-electron chi connectivity index (χ1n) is 6.58. The summed E-state index contributed by atoms with van der Waals surface area (Å²) in [4.78, 5) is 2.25. The molecule has 19 heavy (non-hydrogen) atoms. The third-order valence-corrected chi connectivity index (χ3v) is 3.39. The van der Waals surface area contributed by atoms with Crippen LogP contribution in [0.25, 0.3) is 0 Å². The van der Waals surface area contributed by atoms with E-state index >= 15 is 0 Å². The molecule has 0 atom stereocenters. The number of nitrogens with zero attached hydrogens (tertiary/aromatic N) is 2. The van der Waals surface area contributed by atoms with Gasteiger partial charge in [0.05, 0.1) is 22.3 Å². The fourth-order valence-electron chi connectivity index (χ4n) is 1.97. The highest BCUT2D eigenvalue weighted by Crippen LogP contribution is 2.29. The predicted octanol–water partition coefficient (Wildman–Crippen LogP) is 3.41. The Bertz CT molecular complexity index is 463. The second kappa shape index (κ2) is 6.79. The summed E-state index contributed by atoms with van der Waals surface area (Å²) < 4.78 is 0. The topological polar surface area (TPSA) is 53.0 Å². The molecule has 1 rings (SSSR count). The Kier molecular flexibility index (Phi) is 5.65. The molecule has 0 bridgehead atoms. The largest absolute Gasteiger partial charge is 0.370 e. The Morgan fingerprint density at radius 3 is 2.58 bits per heavy atom. The molecule has 0 aliphatic rings. The molecular weight excluding hydrogens is 258 g/mol. The van der Waals surface area contributed by atoms with E-state index in [2.05, 4.69) is 31.7 Å². The third kappa shape index (κ3) is 4.41. The molecule has 0 spiro atoms. The molecule has 0 amide bonds. The summed E-state index contributed by atoms with van der Waals surface area (Å²) in [5.41, 5.74) is 7.41. The minimum absolute atomic E-state index is 0.0341. The van der Waals surface area contributed by atoms with Gasteiger partial charge in [-0.25, -0.2) is 0 Å². The number of rotatable bonds is 6. The van der Waals surface area contributed by atoms with Gasteiger partial charge in [-0.1, -0.05) is 32.4 Å². The van der Waals surface area contributed by atoms with Gasteiger partial charge in [-0.05, 0) is 36.6 Å². The molecule has 0 aliphatic carbocycles. The predicted molar refractivity (Wildman–Crippen MR) is 81.5 cm³/mol. The van der Waals surface area contributed by atoms with Gasteiger partial charge >= 0.3 is 0 Å². The molecule has 0 aromatic heterocycles. The van der Waals surface area contributed by atoms with Crippen LogP contribution in [0.3, 0.4) is 0 Å². The third-order valence-electron chi connectivity index (χ3n) is 3.08. The van der Waals surface area contributed by atoms with E-state index in [-0.39, 0.29) is 5.41 Å². The van der Waals surface area contributed by atoms with Crippen LogP contribution in [0.1, 0.15) is 32.8 Å². The van der Waals surface area contributed by atoms with E-state index in [1.54, 1.807) is 12.1 Å². The maximum Gasteiger partial charge on any atom is 0.0992 e. The van der Waals surface area contributed by atoms with Crippen molar-refractivity contribution in [1.82, 2.24) is 0 Å². The van der Waals surface area contributed by atoms with Gasteiger partial charge in [0.25, 0.3) is 0 Å². The van der Waals surface area contributed by atoms with Crippen LogP contribution in [0.2, 0.25) is 5.02 Å².